The molecule has 1 aromatic rings. The van der Waals surface area contributed by atoms with E-state index in [1.807, 2.05) is 0 Å². The van der Waals surface area contributed by atoms with Crippen molar-refractivity contribution in [1.29, 1.82) is 0 Å². The quantitative estimate of drug-likeness (QED) is 0.474. The van der Waals surface area contributed by atoms with Crippen LogP contribution in [0.2, 0.25) is 0 Å². The molecule has 0 atom stereocenters. The normalized spacial score (nSPS) is 11.7. The number of nitrogens with one attached hydrogen (secondary N) is 1. The molecule has 10 heteroatoms. The van der Waals surface area contributed by atoms with Gasteiger partial charge in [-0.2, -0.15) is 21.6 Å². The molecular weight excluding hydrogens is 351 g/mol. The molecule has 0 fully saturated rings. The predicted molar refractivity (Wildman–Crippen MR) is 78.3 cm³/mol. The summed E-state index contributed by atoms with van der Waals surface area (Å²) in [6, 6.07) is 5.85. The van der Waals surface area contributed by atoms with Crippen molar-refractivity contribution < 1.29 is 35.9 Å². The molecule has 6 nitrogen and oxygen atoms in total. The molecule has 0 saturated heterocycles. The number of halogens is 3. The third kappa shape index (κ3) is 5.69. The zero-order chi connectivity index (χ0) is 18.5. The number of rotatable bonds is 6. The zero-order valence-corrected chi connectivity index (χ0v) is 13.3. The highest BCUT2D eigenvalue weighted by molar-refractivity contribution is 7.90. The maximum Gasteiger partial charge on any atom is 0.516 e. The van der Waals surface area contributed by atoms with Gasteiger partial charge in [-0.1, -0.05) is 18.7 Å². The fourth-order valence-electron chi connectivity index (χ4n) is 1.43. The van der Waals surface area contributed by atoms with E-state index in [2.05, 4.69) is 6.58 Å². The van der Waals surface area contributed by atoms with Crippen molar-refractivity contribution in [1.82, 2.24) is 4.72 Å². The minimum atomic E-state index is -5.69. The summed E-state index contributed by atoms with van der Waals surface area (Å²) in [5.41, 5.74) is -4.79. The lowest BCUT2D eigenvalue weighted by atomic mass is 10.1. The fraction of sp³-hybridized carbons (Fsp3) is 0.286. The molecule has 1 amide bonds. The Labute approximate surface area is 136 Å². The first-order valence-corrected chi connectivity index (χ1v) is 7.99. The van der Waals surface area contributed by atoms with Crippen molar-refractivity contribution in [3.05, 3.63) is 42.0 Å². The van der Waals surface area contributed by atoms with Crippen LogP contribution in [0.4, 0.5) is 13.2 Å². The number of ether oxygens (including phenoxy) is 1. The van der Waals surface area contributed by atoms with Gasteiger partial charge in [0.25, 0.3) is 0 Å². The zero-order valence-electron chi connectivity index (χ0n) is 12.5. The number of alkyl halides is 3. The van der Waals surface area contributed by atoms with Gasteiger partial charge in [0, 0.05) is 12.0 Å². The Morgan fingerprint density at radius 1 is 1.21 bits per heavy atom. The first-order valence-electron chi connectivity index (χ1n) is 6.51. The average molecular weight is 365 g/mol. The lowest BCUT2D eigenvalue weighted by Crippen LogP contribution is -2.40. The summed E-state index contributed by atoms with van der Waals surface area (Å²) in [4.78, 5) is 22.6. The SMILES string of the molecule is C=C(C)C(=O)Oc1ccc(CCC(=O)NS(=O)(=O)C(F)(F)F)cc1. The van der Waals surface area contributed by atoms with Crippen molar-refractivity contribution in [2.75, 3.05) is 0 Å². The van der Waals surface area contributed by atoms with Gasteiger partial charge in [-0.3, -0.25) is 4.79 Å². The molecule has 0 bridgehead atoms. The van der Waals surface area contributed by atoms with E-state index in [4.69, 9.17) is 4.74 Å². The number of benzene rings is 1. The van der Waals surface area contributed by atoms with Crippen LogP contribution in [0.5, 0.6) is 5.75 Å². The molecule has 0 aliphatic heterocycles. The van der Waals surface area contributed by atoms with Gasteiger partial charge in [-0.15, -0.1) is 0 Å². The van der Waals surface area contributed by atoms with E-state index in [9.17, 15) is 31.2 Å². The van der Waals surface area contributed by atoms with E-state index >= 15 is 0 Å². The number of carbonyl (C=O) groups is 2. The molecule has 0 heterocycles. The molecule has 24 heavy (non-hydrogen) atoms. The largest absolute Gasteiger partial charge is 0.516 e. The van der Waals surface area contributed by atoms with Gasteiger partial charge in [0.15, 0.2) is 0 Å². The molecule has 1 N–H and O–H groups in total. The van der Waals surface area contributed by atoms with Gasteiger partial charge in [-0.25, -0.2) is 9.52 Å². The van der Waals surface area contributed by atoms with E-state index in [1.165, 1.54) is 31.2 Å². The highest BCUT2D eigenvalue weighted by Gasteiger charge is 2.46. The Morgan fingerprint density at radius 3 is 2.21 bits per heavy atom. The number of aryl methyl sites for hydroxylation is 1. The van der Waals surface area contributed by atoms with E-state index < -0.39 is 33.8 Å². The first kappa shape index (κ1) is 19.7. The standard InChI is InChI=1S/C14H14F3NO5S/c1-9(2)13(20)23-11-6-3-10(4-7-11)5-8-12(19)18-24(21,22)14(15,16)17/h3-4,6-7H,1,5,8H2,2H3,(H,18,19). The van der Waals surface area contributed by atoms with E-state index in [-0.39, 0.29) is 17.7 Å². The maximum absolute atomic E-state index is 12.1. The van der Waals surface area contributed by atoms with Crippen LogP contribution in [0.25, 0.3) is 0 Å². The molecule has 0 aromatic heterocycles. The first-order chi connectivity index (χ1) is 10.9. The van der Waals surface area contributed by atoms with Crippen LogP contribution >= 0.6 is 0 Å². The average Bonchev–Trinajstić information content (AvgIpc) is 2.44. The summed E-state index contributed by atoms with van der Waals surface area (Å²) in [7, 11) is -5.69. The smallest absolute Gasteiger partial charge is 0.423 e. The summed E-state index contributed by atoms with van der Waals surface area (Å²) < 4.78 is 63.7. The van der Waals surface area contributed by atoms with E-state index in [0.717, 1.165) is 4.72 Å². The van der Waals surface area contributed by atoms with Crippen LogP contribution in [0.3, 0.4) is 0 Å². The van der Waals surface area contributed by atoms with E-state index in [1.54, 1.807) is 0 Å². The van der Waals surface area contributed by atoms with Crippen molar-refractivity contribution in [2.45, 2.75) is 25.3 Å². The van der Waals surface area contributed by atoms with Crippen LogP contribution in [0.15, 0.2) is 36.4 Å². The van der Waals surface area contributed by atoms with Gasteiger partial charge < -0.3 is 4.74 Å². The Balaban J connectivity index is 2.58. The fourth-order valence-corrected chi connectivity index (χ4v) is 1.95. The Morgan fingerprint density at radius 2 is 1.75 bits per heavy atom. The molecule has 1 rings (SSSR count). The molecule has 0 spiro atoms. The summed E-state index contributed by atoms with van der Waals surface area (Å²) in [6.45, 7) is 4.89. The number of hydrogen-bond donors (Lipinski definition) is 1. The van der Waals surface area contributed by atoms with Crippen molar-refractivity contribution in [3.63, 3.8) is 0 Å². The number of carbonyl (C=O) groups excluding carboxylic acids is 2. The minimum absolute atomic E-state index is 0.00786. The summed E-state index contributed by atoms with van der Waals surface area (Å²) in [5, 5.41) is 0. The second-order valence-electron chi connectivity index (χ2n) is 4.79. The molecule has 0 saturated carbocycles. The van der Waals surface area contributed by atoms with Crippen molar-refractivity contribution in [3.8, 4) is 5.75 Å². The summed E-state index contributed by atoms with van der Waals surface area (Å²) in [5.74, 6) is -1.65. The highest BCUT2D eigenvalue weighted by Crippen LogP contribution is 2.21. The number of hydrogen-bond acceptors (Lipinski definition) is 5. The molecule has 0 unspecified atom stereocenters. The van der Waals surface area contributed by atoms with Crippen molar-refractivity contribution >= 4 is 21.9 Å². The van der Waals surface area contributed by atoms with Gasteiger partial charge in [-0.05, 0) is 31.0 Å². The maximum atomic E-state index is 12.1. The number of esters is 1. The van der Waals surface area contributed by atoms with Gasteiger partial charge in [0.05, 0.1) is 0 Å². The Hall–Kier alpha value is -2.36. The van der Waals surface area contributed by atoms with Gasteiger partial charge >= 0.3 is 21.5 Å². The monoisotopic (exact) mass is 365 g/mol. The van der Waals surface area contributed by atoms with E-state index in [0.29, 0.717) is 5.56 Å². The molecular formula is C14H14F3NO5S. The number of amides is 1. The molecule has 0 aliphatic rings. The van der Waals surface area contributed by atoms with Crippen LogP contribution in [-0.4, -0.2) is 25.8 Å². The van der Waals surface area contributed by atoms with Crippen LogP contribution in [0.1, 0.15) is 18.9 Å². The molecule has 0 aliphatic carbocycles. The Bertz CT molecular complexity index is 739. The van der Waals surface area contributed by atoms with Crippen LogP contribution in [-0.2, 0) is 26.0 Å². The van der Waals surface area contributed by atoms with Crippen LogP contribution in [0, 0.1) is 0 Å². The van der Waals surface area contributed by atoms with Gasteiger partial charge in [0.1, 0.15) is 5.75 Å². The summed E-state index contributed by atoms with van der Waals surface area (Å²) >= 11 is 0. The lowest BCUT2D eigenvalue weighted by Gasteiger charge is -2.09. The second kappa shape index (κ2) is 7.47. The molecule has 1 aromatic carbocycles. The van der Waals surface area contributed by atoms with Crippen molar-refractivity contribution in [2.24, 2.45) is 0 Å². The summed E-state index contributed by atoms with van der Waals surface area (Å²) in [6.07, 6.45) is -0.450. The third-order valence-electron chi connectivity index (χ3n) is 2.68. The predicted octanol–water partition coefficient (Wildman–Crippen LogP) is 2.07. The molecule has 0 radical (unpaired) electrons. The third-order valence-corrected chi connectivity index (χ3v) is 3.78. The number of sulfonamides is 1. The Kier molecular flexibility index (Phi) is 6.13. The highest BCUT2D eigenvalue weighted by atomic mass is 32.2. The lowest BCUT2D eigenvalue weighted by molar-refractivity contribution is -0.130. The minimum Gasteiger partial charge on any atom is -0.423 e. The second-order valence-corrected chi connectivity index (χ2v) is 6.46. The van der Waals surface area contributed by atoms with Crippen LogP contribution < -0.4 is 9.46 Å². The van der Waals surface area contributed by atoms with Gasteiger partial charge in [0.2, 0.25) is 5.91 Å². The molecule has 132 valence electrons. The topological polar surface area (TPSA) is 89.5 Å².